The Morgan fingerprint density at radius 3 is 2.66 bits per heavy atom. The maximum atomic E-state index is 12.4. The molecule has 0 fully saturated rings. The molecule has 0 saturated carbocycles. The number of nitro groups is 1. The molecule has 0 aliphatic carbocycles. The van der Waals surface area contributed by atoms with Crippen molar-refractivity contribution in [3.05, 3.63) is 97.9 Å². The van der Waals surface area contributed by atoms with Gasteiger partial charge in [-0.25, -0.2) is 9.59 Å². The molecule has 3 aromatic carbocycles. The van der Waals surface area contributed by atoms with Crippen LogP contribution in [0.25, 0.3) is 21.7 Å². The number of fused-ring (bicyclic) bond motifs is 3. The minimum absolute atomic E-state index is 0.0697. The van der Waals surface area contributed by atoms with E-state index in [2.05, 4.69) is 0 Å². The second kappa shape index (κ2) is 7.20. The number of carbonyl (C=O) groups excluding carboxylic acids is 1. The standard InChI is InChI=1S/C22H15NO6/c1-13-10-15(6-8-18(13)23(26)27)22(25)28-12-16-11-20(24)29-19-9-7-14-4-2-3-5-17(14)21(16)19/h2-11H,12H2,1H3. The SMILES string of the molecule is Cc1cc(C(=O)OCc2cc(=O)oc3ccc4ccccc4c23)ccc1[N+](=O)[O-]. The van der Waals surface area contributed by atoms with Crippen LogP contribution in [-0.4, -0.2) is 10.9 Å². The summed E-state index contributed by atoms with van der Waals surface area (Å²) >= 11 is 0. The van der Waals surface area contributed by atoms with Crippen LogP contribution < -0.4 is 5.63 Å². The van der Waals surface area contributed by atoms with E-state index < -0.39 is 16.5 Å². The Morgan fingerprint density at radius 2 is 1.90 bits per heavy atom. The highest BCUT2D eigenvalue weighted by Crippen LogP contribution is 2.28. The molecule has 0 spiro atoms. The molecule has 7 nitrogen and oxygen atoms in total. The summed E-state index contributed by atoms with van der Waals surface area (Å²) in [6.45, 7) is 1.42. The van der Waals surface area contributed by atoms with Crippen LogP contribution in [0, 0.1) is 17.0 Å². The van der Waals surface area contributed by atoms with Crippen molar-refractivity contribution in [3.63, 3.8) is 0 Å². The van der Waals surface area contributed by atoms with Crippen LogP contribution in [-0.2, 0) is 11.3 Å². The van der Waals surface area contributed by atoms with Gasteiger partial charge >= 0.3 is 11.6 Å². The molecule has 144 valence electrons. The maximum absolute atomic E-state index is 12.4. The van der Waals surface area contributed by atoms with Crippen LogP contribution in [0.3, 0.4) is 0 Å². The summed E-state index contributed by atoms with van der Waals surface area (Å²) in [4.78, 5) is 34.8. The first kappa shape index (κ1) is 18.4. The first-order valence-corrected chi connectivity index (χ1v) is 8.81. The van der Waals surface area contributed by atoms with Crippen molar-refractivity contribution in [1.82, 2.24) is 0 Å². The van der Waals surface area contributed by atoms with Crippen LogP contribution >= 0.6 is 0 Å². The van der Waals surface area contributed by atoms with Crippen molar-refractivity contribution >= 4 is 33.4 Å². The molecule has 29 heavy (non-hydrogen) atoms. The van der Waals surface area contributed by atoms with E-state index in [-0.39, 0.29) is 17.9 Å². The summed E-state index contributed by atoms with van der Waals surface area (Å²) in [7, 11) is 0. The van der Waals surface area contributed by atoms with Gasteiger partial charge in [-0.15, -0.1) is 0 Å². The quantitative estimate of drug-likeness (QED) is 0.167. The molecular formula is C22H15NO6. The Labute approximate surface area is 164 Å². The van der Waals surface area contributed by atoms with Gasteiger partial charge in [0, 0.05) is 28.6 Å². The molecule has 0 radical (unpaired) electrons. The lowest BCUT2D eigenvalue weighted by molar-refractivity contribution is -0.385. The number of ether oxygens (including phenoxy) is 1. The molecule has 1 heterocycles. The van der Waals surface area contributed by atoms with Crippen LogP contribution in [0.4, 0.5) is 5.69 Å². The van der Waals surface area contributed by atoms with Gasteiger partial charge in [0.15, 0.2) is 0 Å². The fourth-order valence-electron chi connectivity index (χ4n) is 3.35. The molecule has 0 aliphatic heterocycles. The predicted octanol–water partition coefficient (Wildman–Crippen LogP) is 4.52. The number of carbonyl (C=O) groups is 1. The third-order valence-corrected chi connectivity index (χ3v) is 4.70. The smallest absolute Gasteiger partial charge is 0.338 e. The molecule has 1 aromatic heterocycles. The molecule has 4 aromatic rings. The Balaban J connectivity index is 1.69. The Hall–Kier alpha value is -4.00. The van der Waals surface area contributed by atoms with E-state index in [9.17, 15) is 19.7 Å². The van der Waals surface area contributed by atoms with E-state index in [4.69, 9.17) is 9.15 Å². The fourth-order valence-corrected chi connectivity index (χ4v) is 3.35. The van der Waals surface area contributed by atoms with E-state index in [0.29, 0.717) is 22.1 Å². The summed E-state index contributed by atoms with van der Waals surface area (Å²) < 4.78 is 10.7. The summed E-state index contributed by atoms with van der Waals surface area (Å²) in [5.41, 5.74) is 0.893. The zero-order valence-corrected chi connectivity index (χ0v) is 15.4. The molecule has 7 heteroatoms. The Bertz CT molecular complexity index is 1340. The van der Waals surface area contributed by atoms with Gasteiger partial charge in [-0.05, 0) is 35.9 Å². The second-order valence-electron chi connectivity index (χ2n) is 6.59. The van der Waals surface area contributed by atoms with Gasteiger partial charge in [-0.3, -0.25) is 10.1 Å². The molecule has 0 unspecified atom stereocenters. The van der Waals surface area contributed by atoms with Crippen molar-refractivity contribution < 1.29 is 18.9 Å². The largest absolute Gasteiger partial charge is 0.457 e. The van der Waals surface area contributed by atoms with Crippen LogP contribution in [0.2, 0.25) is 0 Å². The van der Waals surface area contributed by atoms with E-state index >= 15 is 0 Å². The third-order valence-electron chi connectivity index (χ3n) is 4.70. The number of aryl methyl sites for hydroxylation is 1. The number of hydrogen-bond donors (Lipinski definition) is 0. The average molecular weight is 389 g/mol. The molecule has 0 saturated heterocycles. The van der Waals surface area contributed by atoms with Crippen LogP contribution in [0.15, 0.2) is 69.9 Å². The van der Waals surface area contributed by atoms with Crippen molar-refractivity contribution in [2.75, 3.05) is 0 Å². The fraction of sp³-hybridized carbons (Fsp3) is 0.0909. The molecule has 0 N–H and O–H groups in total. The van der Waals surface area contributed by atoms with Gasteiger partial charge in [-0.2, -0.15) is 0 Å². The first-order valence-electron chi connectivity index (χ1n) is 8.81. The number of nitrogens with zero attached hydrogens (tertiary/aromatic N) is 1. The zero-order chi connectivity index (χ0) is 20.5. The van der Waals surface area contributed by atoms with Crippen molar-refractivity contribution in [2.24, 2.45) is 0 Å². The minimum atomic E-state index is -0.635. The lowest BCUT2D eigenvalue weighted by Gasteiger charge is -2.10. The molecular weight excluding hydrogens is 374 g/mol. The van der Waals surface area contributed by atoms with Crippen molar-refractivity contribution in [1.29, 1.82) is 0 Å². The van der Waals surface area contributed by atoms with Crippen molar-refractivity contribution in [3.8, 4) is 0 Å². The number of hydrogen-bond acceptors (Lipinski definition) is 6. The van der Waals surface area contributed by atoms with Gasteiger partial charge in [0.25, 0.3) is 5.69 Å². The summed E-state index contributed by atoms with van der Waals surface area (Å²) in [6.07, 6.45) is 0. The number of rotatable bonds is 4. The van der Waals surface area contributed by atoms with E-state index in [1.54, 1.807) is 13.0 Å². The van der Waals surface area contributed by atoms with E-state index in [0.717, 1.165) is 10.8 Å². The zero-order valence-electron chi connectivity index (χ0n) is 15.4. The average Bonchev–Trinajstić information content (AvgIpc) is 2.70. The summed E-state index contributed by atoms with van der Waals surface area (Å²) in [5.74, 6) is -0.635. The van der Waals surface area contributed by atoms with Gasteiger partial charge in [0.2, 0.25) is 0 Å². The normalized spacial score (nSPS) is 10.9. The molecule has 0 bridgehead atoms. The van der Waals surface area contributed by atoms with Crippen LogP contribution in [0.5, 0.6) is 0 Å². The lowest BCUT2D eigenvalue weighted by Crippen LogP contribution is -2.08. The third kappa shape index (κ3) is 3.45. The highest BCUT2D eigenvalue weighted by atomic mass is 16.6. The topological polar surface area (TPSA) is 99.7 Å². The van der Waals surface area contributed by atoms with Gasteiger partial charge in [0.05, 0.1) is 10.5 Å². The van der Waals surface area contributed by atoms with Gasteiger partial charge in [-0.1, -0.05) is 30.3 Å². The highest BCUT2D eigenvalue weighted by Gasteiger charge is 2.16. The minimum Gasteiger partial charge on any atom is -0.457 e. The molecule has 0 amide bonds. The number of esters is 1. The maximum Gasteiger partial charge on any atom is 0.338 e. The van der Waals surface area contributed by atoms with Crippen LogP contribution in [0.1, 0.15) is 21.5 Å². The molecule has 4 rings (SSSR count). The lowest BCUT2D eigenvalue weighted by atomic mass is 10.0. The first-order chi connectivity index (χ1) is 13.9. The second-order valence-corrected chi connectivity index (χ2v) is 6.59. The highest BCUT2D eigenvalue weighted by molar-refractivity contribution is 6.07. The number of nitro benzene ring substituents is 1. The number of benzene rings is 3. The Morgan fingerprint density at radius 1 is 1.10 bits per heavy atom. The van der Waals surface area contributed by atoms with E-state index in [1.165, 1.54) is 24.3 Å². The van der Waals surface area contributed by atoms with Gasteiger partial charge in [0.1, 0.15) is 12.2 Å². The summed E-state index contributed by atoms with van der Waals surface area (Å²) in [5, 5.41) is 13.5. The van der Waals surface area contributed by atoms with Crippen molar-refractivity contribution in [2.45, 2.75) is 13.5 Å². The molecule has 0 atom stereocenters. The summed E-state index contributed by atoms with van der Waals surface area (Å²) in [6, 6.07) is 16.5. The van der Waals surface area contributed by atoms with Gasteiger partial charge < -0.3 is 9.15 Å². The Kier molecular flexibility index (Phi) is 4.56. The predicted molar refractivity (Wildman–Crippen MR) is 107 cm³/mol. The molecule has 0 aliphatic rings. The van der Waals surface area contributed by atoms with E-state index in [1.807, 2.05) is 30.3 Å². The monoisotopic (exact) mass is 389 g/mol.